The molecule has 0 saturated heterocycles. The second-order valence-electron chi connectivity index (χ2n) is 3.59. The minimum Gasteiger partial charge on any atom is -0.480 e. The highest BCUT2D eigenvalue weighted by atomic mass is 32.2. The number of rotatable bonds is 6. The van der Waals surface area contributed by atoms with Crippen molar-refractivity contribution < 1.29 is 9.90 Å². The highest BCUT2D eigenvalue weighted by Crippen LogP contribution is 2.10. The van der Waals surface area contributed by atoms with Crippen LogP contribution in [0.15, 0.2) is 30.3 Å². The number of thioether (sulfide) groups is 1. The quantitative estimate of drug-likeness (QED) is 0.613. The van der Waals surface area contributed by atoms with Crippen LogP contribution in [0.5, 0.6) is 0 Å². The van der Waals surface area contributed by atoms with E-state index < -0.39 is 12.0 Å². The molecule has 0 aliphatic rings. The van der Waals surface area contributed by atoms with Gasteiger partial charge in [0.25, 0.3) is 0 Å². The summed E-state index contributed by atoms with van der Waals surface area (Å²) in [5, 5.41) is 11.6. The molecular formula is C12H15NO2S2. The second kappa shape index (κ2) is 7.42. The molecule has 0 amide bonds. The first kappa shape index (κ1) is 14.2. The molecule has 2 N–H and O–H groups in total. The van der Waals surface area contributed by atoms with E-state index in [1.165, 1.54) is 17.3 Å². The average molecular weight is 269 g/mol. The summed E-state index contributed by atoms with van der Waals surface area (Å²) in [4.78, 5) is 10.6. The Hall–Kier alpha value is -0.910. The molecule has 0 aliphatic heterocycles. The van der Waals surface area contributed by atoms with Crippen LogP contribution in [0.3, 0.4) is 0 Å². The van der Waals surface area contributed by atoms with Gasteiger partial charge in [0.1, 0.15) is 6.04 Å². The Morgan fingerprint density at radius 2 is 2.12 bits per heavy atom. The number of nitrogens with one attached hydrogen (secondary N) is 1. The van der Waals surface area contributed by atoms with Crippen molar-refractivity contribution in [2.75, 3.05) is 5.88 Å². The predicted molar refractivity (Wildman–Crippen MR) is 75.4 cm³/mol. The van der Waals surface area contributed by atoms with Gasteiger partial charge in [-0.3, -0.25) is 10.1 Å². The van der Waals surface area contributed by atoms with Crippen LogP contribution in [-0.4, -0.2) is 27.2 Å². The predicted octanol–water partition coefficient (Wildman–Crippen LogP) is 2.31. The van der Waals surface area contributed by atoms with Crippen molar-refractivity contribution in [1.82, 2.24) is 5.32 Å². The fourth-order valence-corrected chi connectivity index (χ4v) is 2.25. The van der Waals surface area contributed by atoms with E-state index in [9.17, 15) is 4.79 Å². The number of carboxylic acids is 1. The van der Waals surface area contributed by atoms with Gasteiger partial charge in [0, 0.05) is 12.3 Å². The van der Waals surface area contributed by atoms with Crippen molar-refractivity contribution in [1.29, 1.82) is 0 Å². The molecule has 0 heterocycles. The molecule has 1 rings (SSSR count). The Labute approximate surface area is 111 Å². The molecule has 0 aliphatic carbocycles. The zero-order chi connectivity index (χ0) is 12.7. The molecule has 0 bridgehead atoms. The van der Waals surface area contributed by atoms with Crippen molar-refractivity contribution in [2.45, 2.75) is 19.4 Å². The zero-order valence-corrected chi connectivity index (χ0v) is 11.2. The van der Waals surface area contributed by atoms with Crippen molar-refractivity contribution in [2.24, 2.45) is 0 Å². The summed E-state index contributed by atoms with van der Waals surface area (Å²) >= 11 is 6.70. The fraction of sp³-hybridized carbons (Fsp3) is 0.333. The van der Waals surface area contributed by atoms with E-state index in [0.717, 1.165) is 10.6 Å². The van der Waals surface area contributed by atoms with E-state index in [1.807, 2.05) is 30.3 Å². The number of benzene rings is 1. The van der Waals surface area contributed by atoms with E-state index in [2.05, 4.69) is 5.32 Å². The topological polar surface area (TPSA) is 49.3 Å². The molecule has 0 radical (unpaired) electrons. The van der Waals surface area contributed by atoms with Crippen molar-refractivity contribution in [3.05, 3.63) is 35.9 Å². The fourth-order valence-electron chi connectivity index (χ4n) is 1.15. The van der Waals surface area contributed by atoms with E-state index in [0.29, 0.717) is 5.88 Å². The van der Waals surface area contributed by atoms with E-state index >= 15 is 0 Å². The highest BCUT2D eigenvalue weighted by molar-refractivity contribution is 8.23. The second-order valence-corrected chi connectivity index (χ2v) is 5.41. The zero-order valence-electron chi connectivity index (χ0n) is 9.55. The number of carbonyl (C=O) groups is 1. The smallest absolute Gasteiger partial charge is 0.320 e. The van der Waals surface area contributed by atoms with Crippen LogP contribution in [0.2, 0.25) is 0 Å². The van der Waals surface area contributed by atoms with Crippen LogP contribution in [0.25, 0.3) is 0 Å². The maximum absolute atomic E-state index is 10.6. The van der Waals surface area contributed by atoms with Gasteiger partial charge in [-0.1, -0.05) is 42.5 Å². The van der Waals surface area contributed by atoms with E-state index in [4.69, 9.17) is 17.3 Å². The van der Waals surface area contributed by atoms with Crippen molar-refractivity contribution >= 4 is 34.1 Å². The van der Waals surface area contributed by atoms with Crippen molar-refractivity contribution in [3.8, 4) is 0 Å². The Morgan fingerprint density at radius 1 is 1.47 bits per heavy atom. The van der Waals surface area contributed by atoms with Gasteiger partial charge in [-0.05, 0) is 12.5 Å². The molecule has 1 unspecified atom stereocenters. The maximum Gasteiger partial charge on any atom is 0.320 e. The molecule has 3 nitrogen and oxygen atoms in total. The maximum atomic E-state index is 10.6. The number of carboxylic acid groups (broad SMARTS) is 1. The first-order valence-electron chi connectivity index (χ1n) is 5.25. The monoisotopic (exact) mass is 269 g/mol. The molecule has 0 fully saturated rings. The first-order valence-corrected chi connectivity index (χ1v) is 6.64. The van der Waals surface area contributed by atoms with Gasteiger partial charge < -0.3 is 5.11 Å². The third-order valence-corrected chi connectivity index (χ3v) is 3.46. The van der Waals surface area contributed by atoms with E-state index in [1.54, 1.807) is 6.92 Å². The Balaban J connectivity index is 2.25. The Bertz CT molecular complexity index is 381. The third kappa shape index (κ3) is 5.81. The minimum atomic E-state index is -0.848. The SMILES string of the molecule is CC(NCSC(=S)Cc1ccccc1)C(=O)O. The molecule has 92 valence electrons. The molecule has 1 aromatic rings. The van der Waals surface area contributed by atoms with Gasteiger partial charge in [0.2, 0.25) is 0 Å². The Morgan fingerprint density at radius 3 is 2.71 bits per heavy atom. The molecule has 1 atom stereocenters. The van der Waals surface area contributed by atoms with Crippen LogP contribution in [0, 0.1) is 0 Å². The first-order chi connectivity index (χ1) is 8.09. The summed E-state index contributed by atoms with van der Waals surface area (Å²) < 4.78 is 0.862. The van der Waals surface area contributed by atoms with Crippen LogP contribution in [0.4, 0.5) is 0 Å². The molecule has 0 saturated carbocycles. The van der Waals surface area contributed by atoms with Crippen LogP contribution < -0.4 is 5.32 Å². The normalized spacial score (nSPS) is 12.1. The number of hydrogen-bond acceptors (Lipinski definition) is 4. The van der Waals surface area contributed by atoms with Crippen LogP contribution in [0.1, 0.15) is 12.5 Å². The Kier molecular flexibility index (Phi) is 6.18. The minimum absolute atomic E-state index is 0.527. The molecule has 5 heteroatoms. The molecule has 0 aromatic heterocycles. The average Bonchev–Trinajstić information content (AvgIpc) is 2.30. The summed E-state index contributed by atoms with van der Waals surface area (Å²) in [5.74, 6) is -0.321. The van der Waals surface area contributed by atoms with Gasteiger partial charge in [-0.25, -0.2) is 0 Å². The summed E-state index contributed by atoms with van der Waals surface area (Å²) in [5.41, 5.74) is 1.18. The lowest BCUT2D eigenvalue weighted by Gasteiger charge is -2.09. The van der Waals surface area contributed by atoms with Crippen LogP contribution in [-0.2, 0) is 11.2 Å². The summed E-state index contributed by atoms with van der Waals surface area (Å²) in [6.45, 7) is 1.61. The largest absolute Gasteiger partial charge is 0.480 e. The number of aliphatic carboxylic acids is 1. The molecule has 0 spiro atoms. The molecule has 17 heavy (non-hydrogen) atoms. The van der Waals surface area contributed by atoms with Gasteiger partial charge in [0.05, 0.1) is 4.20 Å². The summed E-state index contributed by atoms with van der Waals surface area (Å²) in [6.07, 6.45) is 0.740. The molecule has 1 aromatic carbocycles. The van der Waals surface area contributed by atoms with Gasteiger partial charge in [-0.2, -0.15) is 0 Å². The highest BCUT2D eigenvalue weighted by Gasteiger charge is 2.09. The van der Waals surface area contributed by atoms with E-state index in [-0.39, 0.29) is 0 Å². The lowest BCUT2D eigenvalue weighted by molar-refractivity contribution is -0.138. The van der Waals surface area contributed by atoms with Gasteiger partial charge in [-0.15, -0.1) is 11.8 Å². The third-order valence-electron chi connectivity index (χ3n) is 2.18. The summed E-state index contributed by atoms with van der Waals surface area (Å²) in [7, 11) is 0. The summed E-state index contributed by atoms with van der Waals surface area (Å²) in [6, 6.07) is 9.44. The standard InChI is InChI=1S/C12H15NO2S2/c1-9(12(14)15)13-8-17-11(16)7-10-5-3-2-4-6-10/h2-6,9,13H,7-8H2,1H3,(H,14,15). The number of thiocarbonyl (C=S) groups is 1. The molecular weight excluding hydrogens is 254 g/mol. The van der Waals surface area contributed by atoms with Gasteiger partial charge >= 0.3 is 5.97 Å². The van der Waals surface area contributed by atoms with Crippen LogP contribution >= 0.6 is 24.0 Å². The lowest BCUT2D eigenvalue weighted by Crippen LogP contribution is -2.33. The number of hydrogen-bond donors (Lipinski definition) is 2. The van der Waals surface area contributed by atoms with Crippen molar-refractivity contribution in [3.63, 3.8) is 0 Å². The van der Waals surface area contributed by atoms with Gasteiger partial charge in [0.15, 0.2) is 0 Å². The lowest BCUT2D eigenvalue weighted by atomic mass is 10.2.